The van der Waals surface area contributed by atoms with Crippen LogP contribution in [-0.4, -0.2) is 15.6 Å². The van der Waals surface area contributed by atoms with Crippen LogP contribution in [0, 0.1) is 0 Å². The van der Waals surface area contributed by atoms with Crippen molar-refractivity contribution < 1.29 is 4.79 Å². The number of unbranched alkanes of at least 4 members (excludes halogenated alkanes) is 5. The van der Waals surface area contributed by atoms with E-state index in [1.807, 2.05) is 17.1 Å². The molecule has 0 amide bonds. The number of carbonyl (C=O) groups is 1. The van der Waals surface area contributed by atoms with Gasteiger partial charge in [-0.3, -0.25) is 9.48 Å². The Balaban J connectivity index is 2.10. The highest BCUT2D eigenvalue weighted by molar-refractivity contribution is 5.80. The normalized spacial score (nSPS) is 10.8. The summed E-state index contributed by atoms with van der Waals surface area (Å²) < 4.78 is 1.87. The molecule has 0 atom stereocenters. The van der Waals surface area contributed by atoms with Crippen molar-refractivity contribution in [2.75, 3.05) is 0 Å². The van der Waals surface area contributed by atoms with Crippen LogP contribution >= 0.6 is 0 Å². The molecule has 1 aromatic rings. The first-order valence-electron chi connectivity index (χ1n) is 7.29. The van der Waals surface area contributed by atoms with Crippen molar-refractivity contribution in [1.82, 2.24) is 9.78 Å². The predicted octanol–water partition coefficient (Wildman–Crippen LogP) is 3.77. The van der Waals surface area contributed by atoms with Crippen molar-refractivity contribution in [1.29, 1.82) is 0 Å². The number of carbonyl (C=O) groups excluding carboxylic acids is 1. The third kappa shape index (κ3) is 5.99. The minimum atomic E-state index is 0.348. The Bertz CT molecular complexity index is 344. The van der Waals surface area contributed by atoms with Crippen molar-refractivity contribution >= 4 is 5.78 Å². The van der Waals surface area contributed by atoms with Gasteiger partial charge in [-0.15, -0.1) is 0 Å². The molecule has 0 spiro atoms. The molecule has 1 aromatic heterocycles. The maximum atomic E-state index is 11.8. The van der Waals surface area contributed by atoms with Gasteiger partial charge in [0, 0.05) is 25.6 Å². The van der Waals surface area contributed by atoms with Crippen molar-refractivity contribution in [2.24, 2.45) is 0 Å². The van der Waals surface area contributed by atoms with E-state index in [0.29, 0.717) is 12.2 Å². The summed E-state index contributed by atoms with van der Waals surface area (Å²) in [6.45, 7) is 5.14. The van der Waals surface area contributed by atoms with Gasteiger partial charge in [0.05, 0.1) is 6.20 Å². The molecule has 0 N–H and O–H groups in total. The van der Waals surface area contributed by atoms with Gasteiger partial charge < -0.3 is 0 Å². The Morgan fingerprint density at radius 1 is 1.17 bits per heavy atom. The molecule has 0 aliphatic heterocycles. The molecule has 3 nitrogen and oxygen atoms in total. The molecule has 0 bridgehead atoms. The molecule has 3 heteroatoms. The lowest BCUT2D eigenvalue weighted by atomic mass is 10.0. The molecule has 1 rings (SSSR count). The number of hydrogen-bond donors (Lipinski definition) is 0. The summed E-state index contributed by atoms with van der Waals surface area (Å²) in [5.74, 6) is 0.348. The van der Waals surface area contributed by atoms with Crippen LogP contribution in [0.4, 0.5) is 0 Å². The molecular formula is C15H26N2O. The van der Waals surface area contributed by atoms with Crippen molar-refractivity contribution in [2.45, 2.75) is 71.8 Å². The molecule has 0 unspecified atom stereocenters. The number of rotatable bonds is 10. The van der Waals surface area contributed by atoms with Crippen LogP contribution in [0.3, 0.4) is 0 Å². The molecule has 18 heavy (non-hydrogen) atoms. The van der Waals surface area contributed by atoms with Crippen LogP contribution in [-0.2, 0) is 17.8 Å². The lowest BCUT2D eigenvalue weighted by molar-refractivity contribution is -0.118. The van der Waals surface area contributed by atoms with Gasteiger partial charge in [0.1, 0.15) is 5.78 Å². The lowest BCUT2D eigenvalue weighted by Crippen LogP contribution is -2.02. The summed E-state index contributed by atoms with van der Waals surface area (Å²) in [6.07, 6.45) is 12.5. The minimum Gasteiger partial charge on any atom is -0.299 e. The summed E-state index contributed by atoms with van der Waals surface area (Å²) in [5.41, 5.74) is 1.05. The fourth-order valence-corrected chi connectivity index (χ4v) is 2.09. The van der Waals surface area contributed by atoms with Gasteiger partial charge in [0.2, 0.25) is 0 Å². The van der Waals surface area contributed by atoms with Crippen molar-refractivity contribution in [3.8, 4) is 0 Å². The largest absolute Gasteiger partial charge is 0.299 e. The van der Waals surface area contributed by atoms with E-state index in [1.54, 1.807) is 0 Å². The fraction of sp³-hybridized carbons (Fsp3) is 0.733. The molecule has 0 saturated heterocycles. The van der Waals surface area contributed by atoms with E-state index in [1.165, 1.54) is 32.1 Å². The summed E-state index contributed by atoms with van der Waals surface area (Å²) in [6, 6.07) is 0. The Morgan fingerprint density at radius 3 is 2.56 bits per heavy atom. The Kier molecular flexibility index (Phi) is 7.38. The third-order valence-electron chi connectivity index (χ3n) is 3.22. The molecule has 0 aliphatic rings. The van der Waals surface area contributed by atoms with E-state index in [-0.39, 0.29) is 0 Å². The van der Waals surface area contributed by atoms with Gasteiger partial charge >= 0.3 is 0 Å². The summed E-state index contributed by atoms with van der Waals surface area (Å²) in [4.78, 5) is 11.8. The summed E-state index contributed by atoms with van der Waals surface area (Å²) >= 11 is 0. The maximum Gasteiger partial charge on any atom is 0.137 e. The number of ketones is 1. The highest BCUT2D eigenvalue weighted by Gasteiger charge is 2.05. The monoisotopic (exact) mass is 250 g/mol. The van der Waals surface area contributed by atoms with Crippen LogP contribution in [0.2, 0.25) is 0 Å². The van der Waals surface area contributed by atoms with Crippen LogP contribution in [0.1, 0.15) is 64.4 Å². The number of Topliss-reactive ketones (excluding diaryl/α,β-unsaturated/α-hetero) is 1. The second-order valence-corrected chi connectivity index (χ2v) is 4.94. The van der Waals surface area contributed by atoms with Gasteiger partial charge in [-0.05, 0) is 18.9 Å². The van der Waals surface area contributed by atoms with Gasteiger partial charge in [-0.2, -0.15) is 5.10 Å². The molecule has 0 radical (unpaired) electrons. The van der Waals surface area contributed by atoms with Gasteiger partial charge in [-0.25, -0.2) is 0 Å². The van der Waals surface area contributed by atoms with Crippen molar-refractivity contribution in [3.63, 3.8) is 0 Å². The smallest absolute Gasteiger partial charge is 0.137 e. The van der Waals surface area contributed by atoms with E-state index in [9.17, 15) is 4.79 Å². The van der Waals surface area contributed by atoms with Crippen LogP contribution < -0.4 is 0 Å². The first-order valence-corrected chi connectivity index (χ1v) is 7.29. The predicted molar refractivity (Wildman–Crippen MR) is 74.6 cm³/mol. The van der Waals surface area contributed by atoms with E-state index in [0.717, 1.165) is 24.9 Å². The maximum absolute atomic E-state index is 11.8. The quantitative estimate of drug-likeness (QED) is 0.592. The second kappa shape index (κ2) is 8.90. The molecular weight excluding hydrogens is 224 g/mol. The molecule has 0 saturated carbocycles. The van der Waals surface area contributed by atoms with Crippen LogP contribution in [0.15, 0.2) is 12.4 Å². The van der Waals surface area contributed by atoms with Crippen LogP contribution in [0.5, 0.6) is 0 Å². The Morgan fingerprint density at radius 2 is 1.89 bits per heavy atom. The number of aromatic nitrogens is 2. The fourth-order valence-electron chi connectivity index (χ4n) is 2.09. The Hall–Kier alpha value is -1.12. The van der Waals surface area contributed by atoms with Gasteiger partial charge in [0.15, 0.2) is 0 Å². The second-order valence-electron chi connectivity index (χ2n) is 4.94. The van der Waals surface area contributed by atoms with E-state index in [2.05, 4.69) is 18.9 Å². The lowest BCUT2D eigenvalue weighted by Gasteiger charge is -2.00. The molecule has 0 aromatic carbocycles. The highest BCUT2D eigenvalue weighted by atomic mass is 16.1. The molecule has 1 heterocycles. The minimum absolute atomic E-state index is 0.348. The zero-order valence-corrected chi connectivity index (χ0v) is 11.8. The molecule has 0 fully saturated rings. The van der Waals surface area contributed by atoms with Crippen molar-refractivity contribution in [3.05, 3.63) is 18.0 Å². The molecule has 0 aliphatic carbocycles. The summed E-state index contributed by atoms with van der Waals surface area (Å²) in [5, 5.41) is 4.18. The first-order chi connectivity index (χ1) is 8.76. The van der Waals surface area contributed by atoms with E-state index < -0.39 is 0 Å². The highest BCUT2D eigenvalue weighted by Crippen LogP contribution is 2.09. The average Bonchev–Trinajstić information content (AvgIpc) is 2.81. The third-order valence-corrected chi connectivity index (χ3v) is 3.22. The Labute approximate surface area is 111 Å². The number of nitrogens with zero attached hydrogens (tertiary/aromatic N) is 2. The zero-order chi connectivity index (χ0) is 13.2. The molecule has 102 valence electrons. The van der Waals surface area contributed by atoms with E-state index >= 15 is 0 Å². The number of aryl methyl sites for hydroxylation is 1. The van der Waals surface area contributed by atoms with E-state index in [4.69, 9.17) is 0 Å². The van der Waals surface area contributed by atoms with Gasteiger partial charge in [-0.1, -0.05) is 39.0 Å². The SMILES string of the molecule is CCCCCCCCC(=O)Cc1cnn(CC)c1. The van der Waals surface area contributed by atoms with Crippen LogP contribution in [0.25, 0.3) is 0 Å². The topological polar surface area (TPSA) is 34.9 Å². The standard InChI is InChI=1S/C15H26N2O/c1-3-5-6-7-8-9-10-15(18)11-14-12-16-17(4-2)13-14/h12-13H,3-11H2,1-2H3. The first kappa shape index (κ1) is 14.9. The van der Waals surface area contributed by atoms with Gasteiger partial charge in [0.25, 0.3) is 0 Å². The average molecular weight is 250 g/mol. The summed E-state index contributed by atoms with van der Waals surface area (Å²) in [7, 11) is 0. The zero-order valence-electron chi connectivity index (χ0n) is 11.8. The number of hydrogen-bond acceptors (Lipinski definition) is 2.